The largest absolute Gasteiger partial charge is 0.475 e. The number of carbonyl (C=O) groups is 1. The highest BCUT2D eigenvalue weighted by Gasteiger charge is 2.35. The van der Waals surface area contributed by atoms with Gasteiger partial charge in [0.05, 0.1) is 22.8 Å². The molecule has 0 spiro atoms. The highest BCUT2D eigenvalue weighted by Crippen LogP contribution is 2.40. The number of rotatable bonds is 8. The van der Waals surface area contributed by atoms with Gasteiger partial charge in [0, 0.05) is 18.0 Å². The predicted octanol–water partition coefficient (Wildman–Crippen LogP) is 4.98. The fraction of sp³-hybridized carbons (Fsp3) is 0.217. The van der Waals surface area contributed by atoms with Gasteiger partial charge in [0.15, 0.2) is 0 Å². The monoisotopic (exact) mass is 514 g/mol. The summed E-state index contributed by atoms with van der Waals surface area (Å²) in [5, 5.41) is 20.0. The Morgan fingerprint density at radius 3 is 2.57 bits per heavy atom. The Balaban J connectivity index is 1.94. The van der Waals surface area contributed by atoms with Crippen molar-refractivity contribution >= 4 is 23.2 Å². The van der Waals surface area contributed by atoms with E-state index in [0.29, 0.717) is 11.6 Å². The van der Waals surface area contributed by atoms with Crippen molar-refractivity contribution in [1.82, 2.24) is 4.98 Å². The highest BCUT2D eigenvalue weighted by molar-refractivity contribution is 6.32. The van der Waals surface area contributed by atoms with Crippen LogP contribution in [-0.4, -0.2) is 40.4 Å². The van der Waals surface area contributed by atoms with Crippen LogP contribution >= 0.6 is 11.6 Å². The van der Waals surface area contributed by atoms with Gasteiger partial charge < -0.3 is 25.0 Å². The molecule has 3 rings (SSSR count). The van der Waals surface area contributed by atoms with Crippen LogP contribution in [0.15, 0.2) is 48.7 Å². The number of aliphatic hydroxyl groups excluding tert-OH is 2. The molecular weight excluding hydrogens is 496 g/mol. The number of nitrogens with zero attached hydrogens (tertiary/aromatic N) is 1. The number of halogens is 5. The second kappa shape index (κ2) is 10.9. The Morgan fingerprint density at radius 1 is 1.17 bits per heavy atom. The Labute approximate surface area is 201 Å². The Morgan fingerprint density at radius 2 is 1.91 bits per heavy atom. The first-order valence-corrected chi connectivity index (χ1v) is 10.4. The van der Waals surface area contributed by atoms with Crippen molar-refractivity contribution in [3.8, 4) is 17.4 Å². The summed E-state index contributed by atoms with van der Waals surface area (Å²) in [6, 6.07) is 7.53. The lowest BCUT2D eigenvalue weighted by molar-refractivity contribution is -0.137. The molecule has 1 aromatic heterocycles. The van der Waals surface area contributed by atoms with E-state index in [4.69, 9.17) is 26.2 Å². The third kappa shape index (κ3) is 6.81. The van der Waals surface area contributed by atoms with Gasteiger partial charge in [0.1, 0.15) is 30.0 Å². The summed E-state index contributed by atoms with van der Waals surface area (Å²) in [6.45, 7) is 0.705. The third-order valence-corrected chi connectivity index (χ3v) is 4.92. The summed E-state index contributed by atoms with van der Waals surface area (Å²) in [5.74, 6) is -1.83. The lowest BCUT2D eigenvalue weighted by Gasteiger charge is -2.17. The van der Waals surface area contributed by atoms with Gasteiger partial charge in [-0.2, -0.15) is 13.2 Å². The molecule has 1 heterocycles. The maximum Gasteiger partial charge on any atom is 0.417 e. The van der Waals surface area contributed by atoms with Crippen LogP contribution in [-0.2, 0) is 6.18 Å². The van der Waals surface area contributed by atoms with Gasteiger partial charge in [-0.1, -0.05) is 11.6 Å². The molecule has 0 radical (unpaired) electrons. The summed E-state index contributed by atoms with van der Waals surface area (Å²) in [4.78, 5) is 16.9. The van der Waals surface area contributed by atoms with Gasteiger partial charge in [-0.15, -0.1) is 0 Å². The molecule has 0 saturated heterocycles. The summed E-state index contributed by atoms with van der Waals surface area (Å²) >= 11 is 5.82. The van der Waals surface area contributed by atoms with Crippen molar-refractivity contribution in [2.24, 2.45) is 0 Å². The molecule has 1 amide bonds. The van der Waals surface area contributed by atoms with E-state index in [1.807, 2.05) is 0 Å². The number of amides is 1. The van der Waals surface area contributed by atoms with Crippen molar-refractivity contribution in [3.63, 3.8) is 0 Å². The normalized spacial score (nSPS) is 12.2. The number of aromatic nitrogens is 1. The maximum atomic E-state index is 13.4. The van der Waals surface area contributed by atoms with E-state index in [9.17, 15) is 27.5 Å². The van der Waals surface area contributed by atoms with Crippen molar-refractivity contribution in [2.75, 3.05) is 18.5 Å². The molecule has 0 saturated carbocycles. The van der Waals surface area contributed by atoms with E-state index in [1.165, 1.54) is 31.3 Å². The van der Waals surface area contributed by atoms with Gasteiger partial charge >= 0.3 is 6.18 Å². The third-order valence-electron chi connectivity index (χ3n) is 4.60. The number of hydrogen-bond donors (Lipinski definition) is 3. The fourth-order valence-corrected chi connectivity index (χ4v) is 3.15. The van der Waals surface area contributed by atoms with Crippen LogP contribution in [0.3, 0.4) is 0 Å². The molecule has 7 nitrogen and oxygen atoms in total. The van der Waals surface area contributed by atoms with E-state index >= 15 is 0 Å². The Hall–Kier alpha value is -3.41. The van der Waals surface area contributed by atoms with Gasteiger partial charge in [0.2, 0.25) is 5.88 Å². The molecule has 1 unspecified atom stereocenters. The second-order valence-corrected chi connectivity index (χ2v) is 7.73. The van der Waals surface area contributed by atoms with Gasteiger partial charge in [-0.25, -0.2) is 9.37 Å². The minimum absolute atomic E-state index is 0.0131. The van der Waals surface area contributed by atoms with Crippen LogP contribution < -0.4 is 14.8 Å². The Bertz CT molecular complexity index is 1220. The first-order chi connectivity index (χ1) is 16.5. The molecule has 0 fully saturated rings. The smallest absolute Gasteiger partial charge is 0.417 e. The number of carbonyl (C=O) groups excluding carboxylic acids is 1. The molecule has 35 heavy (non-hydrogen) atoms. The molecule has 0 aliphatic rings. The molecule has 0 bridgehead atoms. The fourth-order valence-electron chi connectivity index (χ4n) is 2.88. The number of hydrogen-bond acceptors (Lipinski definition) is 6. The van der Waals surface area contributed by atoms with Crippen molar-refractivity contribution in [1.29, 1.82) is 0 Å². The quantitative estimate of drug-likeness (QED) is 0.367. The minimum Gasteiger partial charge on any atom is -0.475 e. The van der Waals surface area contributed by atoms with Gasteiger partial charge in [0.25, 0.3) is 5.91 Å². The first kappa shape index (κ1) is 26.2. The summed E-state index contributed by atoms with van der Waals surface area (Å²) in [7, 11) is 0. The molecule has 186 valence electrons. The lowest BCUT2D eigenvalue weighted by Crippen LogP contribution is -2.21. The zero-order chi connectivity index (χ0) is 25.8. The molecule has 2 aromatic carbocycles. The van der Waals surface area contributed by atoms with Crippen molar-refractivity contribution in [2.45, 2.75) is 19.2 Å². The first-order valence-electron chi connectivity index (χ1n) is 10.0. The molecular formula is C23H19ClF4N2O5. The zero-order valence-electron chi connectivity index (χ0n) is 18.1. The molecule has 0 aliphatic carbocycles. The van der Waals surface area contributed by atoms with E-state index in [2.05, 4.69) is 10.3 Å². The van der Waals surface area contributed by atoms with Crippen LogP contribution in [0.4, 0.5) is 23.2 Å². The van der Waals surface area contributed by atoms with Crippen LogP contribution in [0, 0.1) is 12.7 Å². The number of benzene rings is 2. The summed E-state index contributed by atoms with van der Waals surface area (Å²) in [5.41, 5.74) is -1.08. The SMILES string of the molecule is Cc1cc(F)ccc1Oc1cc(C(F)(F)F)c(Cl)cc1C(=O)Nc1ccnc(OCC(O)CO)c1. The second-order valence-electron chi connectivity index (χ2n) is 7.32. The van der Waals surface area contributed by atoms with Crippen LogP contribution in [0.1, 0.15) is 21.5 Å². The average Bonchev–Trinajstić information content (AvgIpc) is 2.79. The summed E-state index contributed by atoms with van der Waals surface area (Å²) in [6.07, 6.45) is -4.67. The average molecular weight is 515 g/mol. The van der Waals surface area contributed by atoms with Crippen molar-refractivity contribution < 1.29 is 42.0 Å². The molecule has 12 heteroatoms. The van der Waals surface area contributed by atoms with E-state index in [-0.39, 0.29) is 29.5 Å². The number of alkyl halides is 3. The number of anilines is 1. The Kier molecular flexibility index (Phi) is 8.15. The van der Waals surface area contributed by atoms with Crippen LogP contribution in [0.25, 0.3) is 0 Å². The van der Waals surface area contributed by atoms with Gasteiger partial charge in [-0.05, 0) is 48.9 Å². The van der Waals surface area contributed by atoms with Crippen LogP contribution in [0.2, 0.25) is 5.02 Å². The standard InChI is InChI=1S/C23H19ClF4N2O5/c1-12-6-13(25)2-3-19(12)35-20-9-17(23(26,27)28)18(24)8-16(20)22(33)30-14-4-5-29-21(7-14)34-11-15(32)10-31/h2-9,15,31-32H,10-11H2,1H3,(H,29,30,33). The number of aliphatic hydroxyl groups is 2. The van der Waals surface area contributed by atoms with Gasteiger partial charge in [-0.3, -0.25) is 4.79 Å². The van der Waals surface area contributed by atoms with E-state index in [0.717, 1.165) is 18.2 Å². The number of nitrogens with one attached hydrogen (secondary N) is 1. The number of ether oxygens (including phenoxy) is 2. The van der Waals surface area contributed by atoms with Crippen LogP contribution in [0.5, 0.6) is 17.4 Å². The minimum atomic E-state index is -4.82. The van der Waals surface area contributed by atoms with E-state index < -0.39 is 46.9 Å². The van der Waals surface area contributed by atoms with E-state index in [1.54, 1.807) is 0 Å². The maximum absolute atomic E-state index is 13.4. The molecule has 0 aliphatic heterocycles. The topological polar surface area (TPSA) is 101 Å². The lowest BCUT2D eigenvalue weighted by atomic mass is 10.1. The molecule has 3 N–H and O–H groups in total. The number of pyridine rings is 1. The molecule has 1 atom stereocenters. The predicted molar refractivity (Wildman–Crippen MR) is 118 cm³/mol. The van der Waals surface area contributed by atoms with Crippen molar-refractivity contribution in [3.05, 3.63) is 76.2 Å². The number of aryl methyl sites for hydroxylation is 1. The highest BCUT2D eigenvalue weighted by atomic mass is 35.5. The molecule has 3 aromatic rings. The summed E-state index contributed by atoms with van der Waals surface area (Å²) < 4.78 is 64.5. The zero-order valence-corrected chi connectivity index (χ0v) is 18.8.